The van der Waals surface area contributed by atoms with Crippen molar-refractivity contribution < 1.29 is 14.6 Å². The molecule has 0 aliphatic carbocycles. The fourth-order valence-corrected chi connectivity index (χ4v) is 3.92. The summed E-state index contributed by atoms with van der Waals surface area (Å²) in [4.78, 5) is 14.6. The minimum absolute atomic E-state index is 0.0482. The van der Waals surface area contributed by atoms with Crippen molar-refractivity contribution in [2.45, 2.75) is 57.2 Å². The third kappa shape index (κ3) is 3.15. The Morgan fingerprint density at radius 2 is 2.09 bits per heavy atom. The van der Waals surface area contributed by atoms with Crippen molar-refractivity contribution in [1.82, 2.24) is 14.7 Å². The number of piperidine rings is 1. The number of carbonyl (C=O) groups excluding carboxylic acids is 1. The average Bonchev–Trinajstić information content (AvgIpc) is 2.86. The molecule has 1 aromatic heterocycles. The molecule has 1 unspecified atom stereocenters. The van der Waals surface area contributed by atoms with E-state index in [4.69, 9.17) is 4.74 Å². The minimum Gasteiger partial charge on any atom is -0.390 e. The van der Waals surface area contributed by atoms with Crippen LogP contribution in [0.5, 0.6) is 0 Å². The van der Waals surface area contributed by atoms with Crippen molar-refractivity contribution in [3.05, 3.63) is 17.5 Å². The Kier molecular flexibility index (Phi) is 4.23. The van der Waals surface area contributed by atoms with Gasteiger partial charge in [-0.2, -0.15) is 5.10 Å². The molecule has 1 N–H and O–H groups in total. The van der Waals surface area contributed by atoms with E-state index in [-0.39, 0.29) is 11.5 Å². The lowest BCUT2D eigenvalue weighted by Gasteiger charge is -2.49. The zero-order valence-corrected chi connectivity index (χ0v) is 14.3. The maximum Gasteiger partial charge on any atom is 0.257 e. The highest BCUT2D eigenvalue weighted by Gasteiger charge is 2.46. The van der Waals surface area contributed by atoms with Gasteiger partial charge in [-0.25, -0.2) is 0 Å². The van der Waals surface area contributed by atoms with Crippen molar-refractivity contribution in [2.24, 2.45) is 7.05 Å². The summed E-state index contributed by atoms with van der Waals surface area (Å²) >= 11 is 0. The number of nitrogens with zero attached hydrogens (tertiary/aromatic N) is 3. The van der Waals surface area contributed by atoms with Crippen molar-refractivity contribution in [1.29, 1.82) is 0 Å². The Morgan fingerprint density at radius 1 is 1.39 bits per heavy atom. The maximum absolute atomic E-state index is 12.7. The van der Waals surface area contributed by atoms with Crippen molar-refractivity contribution >= 4 is 5.91 Å². The van der Waals surface area contributed by atoms with E-state index in [0.717, 1.165) is 25.0 Å². The van der Waals surface area contributed by atoms with Crippen molar-refractivity contribution in [3.63, 3.8) is 0 Å². The monoisotopic (exact) mass is 321 g/mol. The standard InChI is InChI=1S/C17H27N3O3/c1-4-16(22)7-10-23-17(12-16)5-8-20(9-6-17)15(21)14-11-19(3)18-13(14)2/h11,22H,4-10,12H2,1-3H3. The Bertz CT molecular complexity index is 590. The van der Waals surface area contributed by atoms with Gasteiger partial charge in [-0.15, -0.1) is 0 Å². The van der Waals surface area contributed by atoms with Crippen LogP contribution in [-0.4, -0.2) is 56.6 Å². The number of aryl methyl sites for hydroxylation is 2. The van der Waals surface area contributed by atoms with Crippen LogP contribution in [0.1, 0.15) is 55.1 Å². The molecule has 3 heterocycles. The van der Waals surface area contributed by atoms with Gasteiger partial charge in [-0.1, -0.05) is 6.92 Å². The Morgan fingerprint density at radius 3 is 2.65 bits per heavy atom. The van der Waals surface area contributed by atoms with Crippen LogP contribution in [0.4, 0.5) is 0 Å². The number of amides is 1. The third-order valence-corrected chi connectivity index (χ3v) is 5.49. The molecule has 6 nitrogen and oxygen atoms in total. The molecular weight excluding hydrogens is 294 g/mol. The molecule has 2 saturated heterocycles. The highest BCUT2D eigenvalue weighted by atomic mass is 16.5. The van der Waals surface area contributed by atoms with Crippen LogP contribution in [0.25, 0.3) is 0 Å². The molecule has 0 aromatic carbocycles. The van der Waals surface area contributed by atoms with Gasteiger partial charge in [0.15, 0.2) is 0 Å². The van der Waals surface area contributed by atoms with Gasteiger partial charge in [0, 0.05) is 32.8 Å². The predicted octanol–water partition coefficient (Wildman–Crippen LogP) is 1.65. The van der Waals surface area contributed by atoms with Crippen LogP contribution in [0, 0.1) is 6.92 Å². The van der Waals surface area contributed by atoms with E-state index in [1.165, 1.54) is 0 Å². The average molecular weight is 321 g/mol. The smallest absolute Gasteiger partial charge is 0.257 e. The number of hydrogen-bond acceptors (Lipinski definition) is 4. The molecule has 0 bridgehead atoms. The number of carbonyl (C=O) groups is 1. The molecule has 3 rings (SSSR count). The molecule has 6 heteroatoms. The highest BCUT2D eigenvalue weighted by molar-refractivity contribution is 5.95. The highest BCUT2D eigenvalue weighted by Crippen LogP contribution is 2.41. The first-order valence-corrected chi connectivity index (χ1v) is 8.52. The number of ether oxygens (including phenoxy) is 1. The molecule has 0 saturated carbocycles. The predicted molar refractivity (Wildman–Crippen MR) is 86.2 cm³/mol. The lowest BCUT2D eigenvalue weighted by Crippen LogP contribution is -2.55. The van der Waals surface area contributed by atoms with Gasteiger partial charge in [0.2, 0.25) is 0 Å². The lowest BCUT2D eigenvalue weighted by molar-refractivity contribution is -0.176. The first-order valence-electron chi connectivity index (χ1n) is 8.52. The number of hydrogen-bond donors (Lipinski definition) is 1. The summed E-state index contributed by atoms with van der Waals surface area (Å²) in [6, 6.07) is 0. The molecule has 2 fully saturated rings. The first-order chi connectivity index (χ1) is 10.9. The fourth-order valence-electron chi connectivity index (χ4n) is 3.92. The van der Waals surface area contributed by atoms with Crippen LogP contribution < -0.4 is 0 Å². The van der Waals surface area contributed by atoms with E-state index in [0.29, 0.717) is 38.1 Å². The molecule has 1 spiro atoms. The second-order valence-electron chi connectivity index (χ2n) is 7.13. The zero-order chi connectivity index (χ0) is 16.7. The minimum atomic E-state index is -0.607. The van der Waals surface area contributed by atoms with Crippen LogP contribution in [0.15, 0.2) is 6.20 Å². The van der Waals surface area contributed by atoms with Crippen molar-refractivity contribution in [2.75, 3.05) is 19.7 Å². The van der Waals surface area contributed by atoms with E-state index in [1.807, 2.05) is 25.8 Å². The molecule has 0 radical (unpaired) electrons. The lowest BCUT2D eigenvalue weighted by atomic mass is 9.76. The number of likely N-dealkylation sites (tertiary alicyclic amines) is 1. The van der Waals surface area contributed by atoms with Gasteiger partial charge in [0.05, 0.1) is 29.1 Å². The molecular formula is C17H27N3O3. The van der Waals surface area contributed by atoms with Gasteiger partial charge in [-0.05, 0) is 32.6 Å². The third-order valence-electron chi connectivity index (χ3n) is 5.49. The number of aliphatic hydroxyl groups is 1. The summed E-state index contributed by atoms with van der Waals surface area (Å²) in [6.07, 6.45) is 5.53. The normalized spacial score (nSPS) is 27.4. The van der Waals surface area contributed by atoms with Gasteiger partial charge in [0.25, 0.3) is 5.91 Å². The molecule has 2 aliphatic rings. The Hall–Kier alpha value is -1.40. The van der Waals surface area contributed by atoms with E-state index >= 15 is 0 Å². The van der Waals surface area contributed by atoms with Gasteiger partial charge >= 0.3 is 0 Å². The van der Waals surface area contributed by atoms with E-state index in [1.54, 1.807) is 10.9 Å². The molecule has 1 atom stereocenters. The SMILES string of the molecule is CCC1(O)CCOC2(CCN(C(=O)c3cn(C)nc3C)CC2)C1. The second kappa shape index (κ2) is 5.91. The fraction of sp³-hybridized carbons (Fsp3) is 0.765. The quantitative estimate of drug-likeness (QED) is 0.899. The van der Waals surface area contributed by atoms with Crippen LogP contribution in [0.2, 0.25) is 0 Å². The summed E-state index contributed by atoms with van der Waals surface area (Å²) in [6.45, 7) is 5.85. The van der Waals surface area contributed by atoms with Gasteiger partial charge < -0.3 is 14.7 Å². The molecule has 1 amide bonds. The summed E-state index contributed by atoms with van der Waals surface area (Å²) in [7, 11) is 1.83. The van der Waals surface area contributed by atoms with Crippen LogP contribution >= 0.6 is 0 Å². The topological polar surface area (TPSA) is 67.6 Å². The summed E-state index contributed by atoms with van der Waals surface area (Å²) < 4.78 is 7.73. The van der Waals surface area contributed by atoms with Crippen LogP contribution in [0.3, 0.4) is 0 Å². The maximum atomic E-state index is 12.7. The number of aromatic nitrogens is 2. The Labute approximate surface area is 137 Å². The first kappa shape index (κ1) is 16.5. The summed E-state index contributed by atoms with van der Waals surface area (Å²) in [5.74, 6) is 0.0482. The molecule has 128 valence electrons. The molecule has 1 aromatic rings. The van der Waals surface area contributed by atoms with Crippen molar-refractivity contribution in [3.8, 4) is 0 Å². The van der Waals surface area contributed by atoms with Gasteiger partial charge in [0.1, 0.15) is 0 Å². The number of rotatable bonds is 2. The molecule has 23 heavy (non-hydrogen) atoms. The summed E-state index contributed by atoms with van der Waals surface area (Å²) in [5, 5.41) is 14.9. The second-order valence-corrected chi connectivity index (χ2v) is 7.13. The summed E-state index contributed by atoms with van der Waals surface area (Å²) in [5.41, 5.74) is 0.582. The van der Waals surface area contributed by atoms with E-state index in [2.05, 4.69) is 5.10 Å². The van der Waals surface area contributed by atoms with E-state index in [9.17, 15) is 9.90 Å². The van der Waals surface area contributed by atoms with Gasteiger partial charge in [-0.3, -0.25) is 9.48 Å². The Balaban J connectivity index is 1.66. The largest absolute Gasteiger partial charge is 0.390 e. The van der Waals surface area contributed by atoms with Crippen LogP contribution in [-0.2, 0) is 11.8 Å². The van der Waals surface area contributed by atoms with E-state index < -0.39 is 5.60 Å². The zero-order valence-electron chi connectivity index (χ0n) is 14.3. The molecule has 2 aliphatic heterocycles.